The van der Waals surface area contributed by atoms with Crippen LogP contribution >= 0.6 is 0 Å². The molecule has 0 N–H and O–H groups in total. The number of carbonyl (C=O) groups is 1. The van der Waals surface area contributed by atoms with E-state index >= 15 is 0 Å². The summed E-state index contributed by atoms with van der Waals surface area (Å²) < 4.78 is 36.4. The lowest BCUT2D eigenvalue weighted by molar-refractivity contribution is -0.134. The van der Waals surface area contributed by atoms with Gasteiger partial charge in [-0.1, -0.05) is 12.1 Å². The summed E-state index contributed by atoms with van der Waals surface area (Å²) in [5.41, 5.74) is -0.372. The highest BCUT2D eigenvalue weighted by atomic mass is 32.2. The van der Waals surface area contributed by atoms with Crippen LogP contribution in [0.4, 0.5) is 0 Å². The van der Waals surface area contributed by atoms with Crippen molar-refractivity contribution in [3.63, 3.8) is 0 Å². The Morgan fingerprint density at radius 2 is 2.12 bits per heavy atom. The van der Waals surface area contributed by atoms with Crippen molar-refractivity contribution in [3.8, 4) is 0 Å². The second-order valence-corrected chi connectivity index (χ2v) is 8.97. The summed E-state index contributed by atoms with van der Waals surface area (Å²) in [6.45, 7) is 5.24. The predicted molar refractivity (Wildman–Crippen MR) is 88.3 cm³/mol. The molecular weight excluding hydrogens is 348 g/mol. The lowest BCUT2D eigenvalue weighted by atomic mass is 9.73. The Bertz CT molecular complexity index is 741. The van der Waals surface area contributed by atoms with Gasteiger partial charge in [-0.2, -0.15) is 4.98 Å². The third-order valence-electron chi connectivity index (χ3n) is 4.95. The van der Waals surface area contributed by atoms with Crippen LogP contribution in [0.15, 0.2) is 4.52 Å². The van der Waals surface area contributed by atoms with Gasteiger partial charge >= 0.3 is 0 Å². The van der Waals surface area contributed by atoms with E-state index in [-0.39, 0.29) is 29.6 Å². The van der Waals surface area contributed by atoms with Crippen molar-refractivity contribution in [1.82, 2.24) is 19.3 Å². The van der Waals surface area contributed by atoms with E-state index in [0.29, 0.717) is 44.3 Å². The minimum absolute atomic E-state index is 0.00348. The summed E-state index contributed by atoms with van der Waals surface area (Å²) >= 11 is 0. The molecule has 10 heteroatoms. The Morgan fingerprint density at radius 1 is 1.40 bits per heavy atom. The number of carbonyl (C=O) groups excluding carboxylic acids is 1. The first-order valence-corrected chi connectivity index (χ1v) is 9.97. The van der Waals surface area contributed by atoms with Gasteiger partial charge in [0.05, 0.1) is 11.7 Å². The van der Waals surface area contributed by atoms with Gasteiger partial charge in [-0.05, 0) is 13.3 Å². The molecule has 2 aliphatic heterocycles. The molecule has 3 rings (SSSR count). The third-order valence-corrected chi connectivity index (χ3v) is 6.92. The van der Waals surface area contributed by atoms with Gasteiger partial charge in [0.25, 0.3) is 0 Å². The second-order valence-electron chi connectivity index (χ2n) is 6.89. The highest BCUT2D eigenvalue weighted by Gasteiger charge is 2.59. The third kappa shape index (κ3) is 3.30. The molecule has 1 aromatic rings. The average Bonchev–Trinajstić information content (AvgIpc) is 3.09. The molecule has 1 unspecified atom stereocenters. The van der Waals surface area contributed by atoms with Crippen molar-refractivity contribution < 1.29 is 22.5 Å². The zero-order valence-electron chi connectivity index (χ0n) is 14.8. The summed E-state index contributed by atoms with van der Waals surface area (Å²) in [5.74, 6) is 0.858. The summed E-state index contributed by atoms with van der Waals surface area (Å²) in [4.78, 5) is 18.3. The van der Waals surface area contributed by atoms with E-state index in [0.717, 1.165) is 0 Å². The van der Waals surface area contributed by atoms with Crippen molar-refractivity contribution >= 4 is 15.9 Å². The van der Waals surface area contributed by atoms with Crippen LogP contribution in [-0.2, 0) is 19.6 Å². The predicted octanol–water partition coefficient (Wildman–Crippen LogP) is -0.00798. The summed E-state index contributed by atoms with van der Waals surface area (Å²) in [6.07, 6.45) is 0.580. The number of rotatable bonds is 6. The number of likely N-dealkylation sites (tertiary alicyclic amines) is 1. The number of hydrogen-bond donors (Lipinski definition) is 0. The highest BCUT2D eigenvalue weighted by molar-refractivity contribution is 7.89. The lowest BCUT2D eigenvalue weighted by Gasteiger charge is -2.48. The van der Waals surface area contributed by atoms with Gasteiger partial charge in [0.1, 0.15) is 6.61 Å². The van der Waals surface area contributed by atoms with Crippen molar-refractivity contribution in [2.24, 2.45) is 5.41 Å². The van der Waals surface area contributed by atoms with Gasteiger partial charge in [0, 0.05) is 38.7 Å². The van der Waals surface area contributed by atoms with E-state index in [9.17, 15) is 13.2 Å². The Balaban J connectivity index is 1.82. The van der Waals surface area contributed by atoms with E-state index in [2.05, 4.69) is 10.1 Å². The van der Waals surface area contributed by atoms with E-state index in [1.165, 1.54) is 11.4 Å². The number of sulfonamides is 1. The fraction of sp³-hybridized carbons (Fsp3) is 0.800. The smallest absolute Gasteiger partial charge is 0.248 e. The topological polar surface area (TPSA) is 106 Å². The van der Waals surface area contributed by atoms with E-state index < -0.39 is 10.0 Å². The fourth-order valence-electron chi connectivity index (χ4n) is 3.73. The fourth-order valence-corrected chi connectivity index (χ4v) is 5.41. The number of aryl methyl sites for hydroxylation is 1. The Kier molecular flexibility index (Phi) is 4.86. The molecule has 2 fully saturated rings. The summed E-state index contributed by atoms with van der Waals surface area (Å²) in [6, 6.07) is 0. The molecule has 0 saturated carbocycles. The van der Waals surface area contributed by atoms with Crippen LogP contribution in [0, 0.1) is 12.3 Å². The Labute approximate surface area is 147 Å². The summed E-state index contributed by atoms with van der Waals surface area (Å²) in [7, 11) is -1.77. The number of amides is 1. The zero-order valence-corrected chi connectivity index (χ0v) is 15.6. The molecule has 3 heterocycles. The maximum absolute atomic E-state index is 12.3. The van der Waals surface area contributed by atoms with Crippen LogP contribution in [0.25, 0.3) is 0 Å². The summed E-state index contributed by atoms with van der Waals surface area (Å²) in [5, 5.41) is 3.84. The van der Waals surface area contributed by atoms with Gasteiger partial charge in [0.15, 0.2) is 5.82 Å². The van der Waals surface area contributed by atoms with Crippen molar-refractivity contribution in [2.75, 3.05) is 45.6 Å². The van der Waals surface area contributed by atoms with Crippen LogP contribution in [0.3, 0.4) is 0 Å². The molecule has 0 aromatic carbocycles. The molecule has 1 atom stereocenters. The molecule has 1 spiro atoms. The van der Waals surface area contributed by atoms with Gasteiger partial charge < -0.3 is 14.2 Å². The number of aromatic nitrogens is 2. The molecule has 2 aliphatic rings. The molecule has 140 valence electrons. The molecule has 25 heavy (non-hydrogen) atoms. The second kappa shape index (κ2) is 6.65. The lowest BCUT2D eigenvalue weighted by Crippen LogP contribution is -2.62. The molecule has 1 aromatic heterocycles. The SMILES string of the molecule is CCCS(=O)(=O)N1CC2(CN(C(=O)COC)CC2c2nc(C)no2)C1. The maximum Gasteiger partial charge on any atom is 0.248 e. The molecule has 2 saturated heterocycles. The monoisotopic (exact) mass is 372 g/mol. The molecule has 0 radical (unpaired) electrons. The van der Waals surface area contributed by atoms with Crippen LogP contribution in [0.1, 0.15) is 31.0 Å². The number of hydrogen-bond acceptors (Lipinski definition) is 7. The first kappa shape index (κ1) is 18.3. The first-order valence-electron chi connectivity index (χ1n) is 8.36. The normalized spacial score (nSPS) is 23.2. The number of methoxy groups -OCH3 is 1. The quantitative estimate of drug-likeness (QED) is 0.691. The van der Waals surface area contributed by atoms with Gasteiger partial charge in [-0.25, -0.2) is 12.7 Å². The standard InChI is InChI=1S/C15H24N4O5S/c1-4-5-25(21,22)19-9-15(10-19)8-18(13(20)7-23-3)6-12(15)14-16-11(2)17-24-14/h12H,4-10H2,1-3H3. The zero-order chi connectivity index (χ0) is 18.2. The van der Waals surface area contributed by atoms with Crippen LogP contribution in [0.2, 0.25) is 0 Å². The van der Waals surface area contributed by atoms with E-state index in [1.54, 1.807) is 11.8 Å². The average molecular weight is 372 g/mol. The number of ether oxygens (including phenoxy) is 1. The van der Waals surface area contributed by atoms with Crippen molar-refractivity contribution in [2.45, 2.75) is 26.2 Å². The van der Waals surface area contributed by atoms with E-state index in [4.69, 9.17) is 9.26 Å². The Hall–Kier alpha value is -1.52. The molecular formula is C15H24N4O5S. The van der Waals surface area contributed by atoms with Crippen LogP contribution < -0.4 is 0 Å². The van der Waals surface area contributed by atoms with Crippen molar-refractivity contribution in [1.29, 1.82) is 0 Å². The highest BCUT2D eigenvalue weighted by Crippen LogP contribution is 2.49. The minimum atomic E-state index is -3.25. The van der Waals surface area contributed by atoms with E-state index in [1.807, 2.05) is 6.92 Å². The van der Waals surface area contributed by atoms with Gasteiger partial charge in [-0.3, -0.25) is 4.79 Å². The molecule has 1 amide bonds. The molecule has 0 aliphatic carbocycles. The minimum Gasteiger partial charge on any atom is -0.375 e. The van der Waals surface area contributed by atoms with Gasteiger partial charge in [0.2, 0.25) is 21.8 Å². The Morgan fingerprint density at radius 3 is 2.68 bits per heavy atom. The first-order chi connectivity index (χ1) is 11.8. The van der Waals surface area contributed by atoms with Gasteiger partial charge in [-0.15, -0.1) is 0 Å². The molecule has 0 bridgehead atoms. The molecule has 9 nitrogen and oxygen atoms in total. The number of nitrogens with zero attached hydrogens (tertiary/aromatic N) is 4. The van der Waals surface area contributed by atoms with Crippen molar-refractivity contribution in [3.05, 3.63) is 11.7 Å². The largest absolute Gasteiger partial charge is 0.375 e. The van der Waals surface area contributed by atoms with Crippen LogP contribution in [0.5, 0.6) is 0 Å². The maximum atomic E-state index is 12.3. The van der Waals surface area contributed by atoms with Crippen LogP contribution in [-0.4, -0.2) is 79.3 Å².